The maximum Gasteiger partial charge on any atom is 0.358 e. The predicted octanol–water partition coefficient (Wildman–Crippen LogP) is 1.05. The van der Waals surface area contributed by atoms with E-state index in [1.165, 1.54) is 16.9 Å². The summed E-state index contributed by atoms with van der Waals surface area (Å²) in [5.41, 5.74) is 0.581. The summed E-state index contributed by atoms with van der Waals surface area (Å²) in [6.07, 6.45) is 1.36. The lowest BCUT2D eigenvalue weighted by atomic mass is 10.1. The third-order valence-electron chi connectivity index (χ3n) is 3.38. The lowest BCUT2D eigenvalue weighted by Gasteiger charge is -2.40. The first-order valence-electron chi connectivity index (χ1n) is 6.18. The average Bonchev–Trinajstić information content (AvgIpc) is 2.88. The summed E-state index contributed by atoms with van der Waals surface area (Å²) < 4.78 is 15.3. The fourth-order valence-electron chi connectivity index (χ4n) is 2.21. The van der Waals surface area contributed by atoms with Gasteiger partial charge in [-0.25, -0.2) is 13.9 Å². The van der Waals surface area contributed by atoms with Gasteiger partial charge in [-0.1, -0.05) is 5.21 Å². The van der Waals surface area contributed by atoms with Crippen LogP contribution in [0.2, 0.25) is 0 Å². The van der Waals surface area contributed by atoms with Crippen molar-refractivity contribution in [2.45, 2.75) is 6.04 Å². The summed E-state index contributed by atoms with van der Waals surface area (Å²) in [5, 5.41) is 24.8. The Bertz CT molecular complexity index is 745. The van der Waals surface area contributed by atoms with Gasteiger partial charge in [-0.05, 0) is 18.2 Å². The second kappa shape index (κ2) is 4.86. The monoisotopic (exact) mass is 287 g/mol. The molecule has 0 amide bonds. The highest BCUT2D eigenvalue weighted by molar-refractivity contribution is 5.84. The minimum absolute atomic E-state index is 0.0411. The number of carbonyl (C=O) groups is 1. The molecule has 106 valence electrons. The van der Waals surface area contributed by atoms with Crippen molar-refractivity contribution in [3.05, 3.63) is 41.5 Å². The maximum absolute atomic E-state index is 13.8. The zero-order valence-corrected chi connectivity index (χ0v) is 10.8. The van der Waals surface area contributed by atoms with Crippen LogP contribution in [0.4, 0.5) is 10.1 Å². The van der Waals surface area contributed by atoms with E-state index >= 15 is 0 Å². The summed E-state index contributed by atoms with van der Waals surface area (Å²) in [5.74, 6) is -1.58. The lowest BCUT2D eigenvalue weighted by Crippen LogP contribution is -2.48. The van der Waals surface area contributed by atoms with Crippen molar-refractivity contribution < 1.29 is 14.3 Å². The molecule has 1 fully saturated rings. The molecule has 0 unspecified atom stereocenters. The van der Waals surface area contributed by atoms with Crippen LogP contribution < -0.4 is 4.90 Å². The molecule has 7 nitrogen and oxygen atoms in total. The largest absolute Gasteiger partial charge is 0.476 e. The van der Waals surface area contributed by atoms with Crippen molar-refractivity contribution in [3.8, 4) is 6.07 Å². The first-order chi connectivity index (χ1) is 10.1. The van der Waals surface area contributed by atoms with E-state index in [-0.39, 0.29) is 17.3 Å². The van der Waals surface area contributed by atoms with Crippen LogP contribution in [-0.2, 0) is 0 Å². The van der Waals surface area contributed by atoms with E-state index in [1.54, 1.807) is 17.0 Å². The summed E-state index contributed by atoms with van der Waals surface area (Å²) >= 11 is 0. The molecule has 0 bridgehead atoms. The third kappa shape index (κ3) is 2.29. The zero-order chi connectivity index (χ0) is 15.0. The van der Waals surface area contributed by atoms with E-state index in [9.17, 15) is 9.18 Å². The van der Waals surface area contributed by atoms with E-state index in [2.05, 4.69) is 10.3 Å². The molecule has 0 saturated carbocycles. The van der Waals surface area contributed by atoms with Crippen molar-refractivity contribution in [1.29, 1.82) is 5.26 Å². The highest BCUT2D eigenvalue weighted by Gasteiger charge is 2.31. The predicted molar refractivity (Wildman–Crippen MR) is 69.3 cm³/mol. The Balaban J connectivity index is 1.70. The molecule has 1 aliphatic rings. The normalized spacial score (nSPS) is 14.6. The summed E-state index contributed by atoms with van der Waals surface area (Å²) in [7, 11) is 0. The van der Waals surface area contributed by atoms with Crippen LogP contribution >= 0.6 is 0 Å². The molecule has 0 aliphatic carbocycles. The highest BCUT2D eigenvalue weighted by atomic mass is 19.1. The van der Waals surface area contributed by atoms with Crippen LogP contribution in [-0.4, -0.2) is 39.2 Å². The number of rotatable bonds is 3. The molecule has 21 heavy (non-hydrogen) atoms. The van der Waals surface area contributed by atoms with E-state index in [1.807, 2.05) is 6.07 Å². The molecule has 2 heterocycles. The number of hydrogen-bond acceptors (Lipinski definition) is 5. The van der Waals surface area contributed by atoms with Crippen molar-refractivity contribution in [2.75, 3.05) is 18.0 Å². The molecule has 2 aromatic rings. The van der Waals surface area contributed by atoms with Crippen molar-refractivity contribution >= 4 is 11.7 Å². The number of carboxylic acids is 1. The van der Waals surface area contributed by atoms with Gasteiger partial charge in [0, 0.05) is 13.1 Å². The second-order valence-electron chi connectivity index (χ2n) is 4.73. The summed E-state index contributed by atoms with van der Waals surface area (Å²) in [6.45, 7) is 1.01. The number of carboxylic acid groups (broad SMARTS) is 1. The Morgan fingerprint density at radius 1 is 1.48 bits per heavy atom. The van der Waals surface area contributed by atoms with Gasteiger partial charge in [0.15, 0.2) is 5.69 Å². The van der Waals surface area contributed by atoms with Gasteiger partial charge in [0.1, 0.15) is 5.82 Å². The van der Waals surface area contributed by atoms with Gasteiger partial charge in [-0.3, -0.25) is 0 Å². The van der Waals surface area contributed by atoms with E-state index in [0.717, 1.165) is 0 Å². The number of aromatic carboxylic acids is 1. The van der Waals surface area contributed by atoms with E-state index < -0.39 is 11.8 Å². The smallest absolute Gasteiger partial charge is 0.358 e. The van der Waals surface area contributed by atoms with Crippen LogP contribution in [0.3, 0.4) is 0 Å². The standard InChI is InChI=1S/C13H10FN5O2/c14-10-3-8(4-15)1-2-12(10)18-5-9(6-18)19-7-11(13(20)21)16-17-19/h1-3,7,9H,5-6H2,(H,20,21). The summed E-state index contributed by atoms with van der Waals surface area (Å²) in [4.78, 5) is 12.5. The second-order valence-corrected chi connectivity index (χ2v) is 4.73. The van der Waals surface area contributed by atoms with Gasteiger partial charge in [-0.2, -0.15) is 5.26 Å². The van der Waals surface area contributed by atoms with Gasteiger partial charge < -0.3 is 10.0 Å². The molecule has 1 aliphatic heterocycles. The minimum atomic E-state index is -1.13. The number of anilines is 1. The topological polar surface area (TPSA) is 95.0 Å². The molecule has 0 spiro atoms. The molecule has 3 rings (SSSR count). The molecular formula is C13H10FN5O2. The van der Waals surface area contributed by atoms with Gasteiger partial charge in [-0.15, -0.1) is 5.10 Å². The van der Waals surface area contributed by atoms with Gasteiger partial charge in [0.25, 0.3) is 0 Å². The third-order valence-corrected chi connectivity index (χ3v) is 3.38. The van der Waals surface area contributed by atoms with E-state index in [0.29, 0.717) is 18.8 Å². The van der Waals surface area contributed by atoms with Crippen molar-refractivity contribution in [2.24, 2.45) is 0 Å². The lowest BCUT2D eigenvalue weighted by molar-refractivity contribution is 0.0690. The zero-order valence-electron chi connectivity index (χ0n) is 10.8. The molecule has 0 radical (unpaired) electrons. The fraction of sp³-hybridized carbons (Fsp3) is 0.231. The Labute approximate surface area is 118 Å². The van der Waals surface area contributed by atoms with Gasteiger partial charge in [0.2, 0.25) is 0 Å². The van der Waals surface area contributed by atoms with Gasteiger partial charge >= 0.3 is 5.97 Å². The number of nitrogens with zero attached hydrogens (tertiary/aromatic N) is 5. The SMILES string of the molecule is N#Cc1ccc(N2CC(n3cc(C(=O)O)nn3)C2)c(F)c1. The molecular weight excluding hydrogens is 277 g/mol. The molecule has 1 N–H and O–H groups in total. The molecule has 8 heteroatoms. The fourth-order valence-corrected chi connectivity index (χ4v) is 2.21. The van der Waals surface area contributed by atoms with Crippen LogP contribution in [0.1, 0.15) is 22.1 Å². The Hall–Kier alpha value is -2.95. The van der Waals surface area contributed by atoms with Crippen LogP contribution in [0.15, 0.2) is 24.4 Å². The maximum atomic E-state index is 13.8. The first-order valence-corrected chi connectivity index (χ1v) is 6.18. The molecule has 0 atom stereocenters. The quantitative estimate of drug-likeness (QED) is 0.906. The summed E-state index contributed by atoms with van der Waals surface area (Å²) in [6, 6.07) is 6.16. The molecule has 1 saturated heterocycles. The average molecular weight is 287 g/mol. The van der Waals surface area contributed by atoms with Crippen molar-refractivity contribution in [3.63, 3.8) is 0 Å². The number of nitriles is 1. The Morgan fingerprint density at radius 3 is 2.81 bits per heavy atom. The van der Waals surface area contributed by atoms with Crippen LogP contribution in [0.25, 0.3) is 0 Å². The first kappa shape index (κ1) is 13.1. The Morgan fingerprint density at radius 2 is 2.24 bits per heavy atom. The number of benzene rings is 1. The Kier molecular flexibility index (Phi) is 3.02. The van der Waals surface area contributed by atoms with E-state index in [4.69, 9.17) is 10.4 Å². The van der Waals surface area contributed by atoms with Gasteiger partial charge in [0.05, 0.1) is 29.6 Å². The number of aromatic nitrogens is 3. The number of hydrogen-bond donors (Lipinski definition) is 1. The molecule has 1 aromatic carbocycles. The van der Waals surface area contributed by atoms with Crippen molar-refractivity contribution in [1.82, 2.24) is 15.0 Å². The molecule has 1 aromatic heterocycles. The number of halogens is 1. The van der Waals surface area contributed by atoms with Crippen LogP contribution in [0, 0.1) is 17.1 Å². The van der Waals surface area contributed by atoms with Crippen LogP contribution in [0.5, 0.6) is 0 Å². The minimum Gasteiger partial charge on any atom is -0.476 e. The highest BCUT2D eigenvalue weighted by Crippen LogP contribution is 2.29.